The lowest BCUT2D eigenvalue weighted by Gasteiger charge is -2.09. The second-order valence-electron chi connectivity index (χ2n) is 5.08. The molecule has 2 N–H and O–H groups in total. The van der Waals surface area contributed by atoms with Gasteiger partial charge in [-0.15, -0.1) is 0 Å². The lowest BCUT2D eigenvalue weighted by Crippen LogP contribution is -2.12. The molecule has 0 aromatic heterocycles. The smallest absolute Gasteiger partial charge is 0.255 e. The van der Waals surface area contributed by atoms with Gasteiger partial charge in [0.05, 0.1) is 10.0 Å². The van der Waals surface area contributed by atoms with E-state index in [1.807, 2.05) is 18.2 Å². The number of hydrogen-bond acceptors (Lipinski definition) is 2. The molecule has 2 aromatic rings. The molecule has 1 aliphatic rings. The fourth-order valence-electron chi connectivity index (χ4n) is 2.55. The molecule has 1 amide bonds. The fraction of sp³-hybridized carbons (Fsp3) is 0.188. The molecule has 0 fully saturated rings. The number of fused-ring (bicyclic) bond motifs is 1. The lowest BCUT2D eigenvalue weighted by atomic mass is 10.1. The highest BCUT2D eigenvalue weighted by atomic mass is 35.5. The molecule has 1 aliphatic carbocycles. The molecule has 2 aromatic carbocycles. The number of carbonyl (C=O) groups excluding carboxylic acids is 1. The van der Waals surface area contributed by atoms with Crippen molar-refractivity contribution in [2.24, 2.45) is 0 Å². The van der Waals surface area contributed by atoms with E-state index in [4.69, 9.17) is 23.2 Å². The molecule has 0 saturated heterocycles. The van der Waals surface area contributed by atoms with E-state index in [0.29, 0.717) is 11.3 Å². The molecular weight excluding hydrogens is 309 g/mol. The summed E-state index contributed by atoms with van der Waals surface area (Å²) in [4.78, 5) is 12.3. The van der Waals surface area contributed by atoms with Gasteiger partial charge in [0.1, 0.15) is 0 Å². The fourth-order valence-corrected chi connectivity index (χ4v) is 3.04. The molecule has 5 heteroatoms. The van der Waals surface area contributed by atoms with Crippen LogP contribution in [0.5, 0.6) is 5.75 Å². The summed E-state index contributed by atoms with van der Waals surface area (Å²) in [7, 11) is 0. The molecule has 21 heavy (non-hydrogen) atoms. The van der Waals surface area contributed by atoms with Crippen LogP contribution in [0.3, 0.4) is 0 Å². The van der Waals surface area contributed by atoms with Gasteiger partial charge in [-0.1, -0.05) is 29.3 Å². The third kappa shape index (κ3) is 2.85. The maximum Gasteiger partial charge on any atom is 0.255 e. The normalized spacial score (nSPS) is 13.0. The number of phenolic OH excluding ortho intramolecular Hbond substituents is 1. The largest absolute Gasteiger partial charge is 0.505 e. The summed E-state index contributed by atoms with van der Waals surface area (Å²) in [5.74, 6) is -0.406. The van der Waals surface area contributed by atoms with Crippen molar-refractivity contribution in [2.45, 2.75) is 19.3 Å². The summed E-state index contributed by atoms with van der Waals surface area (Å²) < 4.78 is 0. The zero-order valence-corrected chi connectivity index (χ0v) is 12.6. The van der Waals surface area contributed by atoms with Crippen LogP contribution in [-0.4, -0.2) is 11.0 Å². The number of hydrogen-bond donors (Lipinski definition) is 2. The Bertz CT molecular complexity index is 705. The first-order chi connectivity index (χ1) is 10.0. The second-order valence-corrected chi connectivity index (χ2v) is 5.89. The van der Waals surface area contributed by atoms with Crippen LogP contribution in [0.2, 0.25) is 10.0 Å². The number of nitrogens with one attached hydrogen (secondary N) is 1. The number of aromatic hydroxyl groups is 1. The maximum absolute atomic E-state index is 12.3. The van der Waals surface area contributed by atoms with Crippen LogP contribution in [0.1, 0.15) is 27.9 Å². The Hall–Kier alpha value is -1.71. The monoisotopic (exact) mass is 321 g/mol. The van der Waals surface area contributed by atoms with E-state index in [9.17, 15) is 9.90 Å². The van der Waals surface area contributed by atoms with Crippen molar-refractivity contribution < 1.29 is 9.90 Å². The topological polar surface area (TPSA) is 49.3 Å². The van der Waals surface area contributed by atoms with E-state index in [1.165, 1.54) is 23.3 Å². The summed E-state index contributed by atoms with van der Waals surface area (Å²) in [5, 5.41) is 12.5. The van der Waals surface area contributed by atoms with Gasteiger partial charge in [0.2, 0.25) is 0 Å². The molecule has 3 rings (SSSR count). The molecule has 0 unspecified atom stereocenters. The molecule has 3 nitrogen and oxygen atoms in total. The van der Waals surface area contributed by atoms with Crippen molar-refractivity contribution >= 4 is 34.8 Å². The zero-order chi connectivity index (χ0) is 15.0. The van der Waals surface area contributed by atoms with Crippen molar-refractivity contribution in [2.75, 3.05) is 5.32 Å². The van der Waals surface area contributed by atoms with Gasteiger partial charge >= 0.3 is 0 Å². The van der Waals surface area contributed by atoms with Crippen molar-refractivity contribution in [1.29, 1.82) is 0 Å². The molecule has 0 saturated carbocycles. The first-order valence-corrected chi connectivity index (χ1v) is 7.41. The van der Waals surface area contributed by atoms with Gasteiger partial charge in [-0.3, -0.25) is 4.79 Å². The van der Waals surface area contributed by atoms with Gasteiger partial charge in [0, 0.05) is 11.3 Å². The summed E-state index contributed by atoms with van der Waals surface area (Å²) in [5.41, 5.74) is 3.62. The summed E-state index contributed by atoms with van der Waals surface area (Å²) in [6.45, 7) is 0. The average Bonchev–Trinajstić information content (AvgIpc) is 2.91. The van der Waals surface area contributed by atoms with E-state index in [1.54, 1.807) is 0 Å². The van der Waals surface area contributed by atoms with Gasteiger partial charge in [0.25, 0.3) is 5.91 Å². The Morgan fingerprint density at radius 3 is 2.43 bits per heavy atom. The van der Waals surface area contributed by atoms with Crippen LogP contribution in [0, 0.1) is 0 Å². The van der Waals surface area contributed by atoms with Crippen LogP contribution in [-0.2, 0) is 12.8 Å². The van der Waals surface area contributed by atoms with Gasteiger partial charge in [-0.05, 0) is 54.7 Å². The van der Waals surface area contributed by atoms with E-state index in [-0.39, 0.29) is 21.7 Å². The Morgan fingerprint density at radius 1 is 1.05 bits per heavy atom. The molecule has 0 atom stereocenters. The molecular formula is C16H13Cl2NO2. The van der Waals surface area contributed by atoms with E-state index in [0.717, 1.165) is 19.3 Å². The van der Waals surface area contributed by atoms with Crippen LogP contribution in [0.4, 0.5) is 5.69 Å². The highest BCUT2D eigenvalue weighted by Gasteiger charge is 2.15. The predicted molar refractivity (Wildman–Crippen MR) is 84.5 cm³/mol. The van der Waals surface area contributed by atoms with Crippen LogP contribution >= 0.6 is 23.2 Å². The summed E-state index contributed by atoms with van der Waals surface area (Å²) in [6.07, 6.45) is 3.25. The number of benzene rings is 2. The third-order valence-electron chi connectivity index (χ3n) is 3.64. The minimum atomic E-state index is -0.220. The summed E-state index contributed by atoms with van der Waals surface area (Å²) in [6, 6.07) is 8.69. The predicted octanol–water partition coefficient (Wildman–Crippen LogP) is 4.44. The number of halogens is 2. The summed E-state index contributed by atoms with van der Waals surface area (Å²) >= 11 is 11.7. The van der Waals surface area contributed by atoms with Gasteiger partial charge in [-0.2, -0.15) is 0 Å². The first-order valence-electron chi connectivity index (χ1n) is 6.66. The number of amides is 1. The van der Waals surface area contributed by atoms with Crippen LogP contribution < -0.4 is 5.32 Å². The maximum atomic E-state index is 12.3. The van der Waals surface area contributed by atoms with E-state index >= 15 is 0 Å². The minimum Gasteiger partial charge on any atom is -0.505 e. The molecule has 0 bridgehead atoms. The average molecular weight is 322 g/mol. The Morgan fingerprint density at radius 2 is 1.71 bits per heavy atom. The Kier molecular flexibility index (Phi) is 3.79. The van der Waals surface area contributed by atoms with Crippen molar-refractivity contribution in [1.82, 2.24) is 0 Å². The van der Waals surface area contributed by atoms with Crippen molar-refractivity contribution in [3.63, 3.8) is 0 Å². The lowest BCUT2D eigenvalue weighted by molar-refractivity contribution is 0.102. The third-order valence-corrected chi connectivity index (χ3v) is 4.21. The number of phenols is 1. The first kappa shape index (κ1) is 14.2. The number of anilines is 1. The highest BCUT2D eigenvalue weighted by Crippen LogP contribution is 2.34. The number of aryl methyl sites for hydroxylation is 2. The van der Waals surface area contributed by atoms with Crippen LogP contribution in [0.25, 0.3) is 0 Å². The standard InChI is InChI=1S/C16H13Cl2NO2/c17-13-7-12(8-14(18)15(13)20)19-16(21)11-5-4-9-2-1-3-10(9)6-11/h4-8,20H,1-3H2,(H,19,21). The van der Waals surface area contributed by atoms with Gasteiger partial charge in [-0.25, -0.2) is 0 Å². The van der Waals surface area contributed by atoms with E-state index in [2.05, 4.69) is 5.32 Å². The van der Waals surface area contributed by atoms with Crippen molar-refractivity contribution in [3.05, 3.63) is 57.1 Å². The molecule has 0 aliphatic heterocycles. The SMILES string of the molecule is O=C(Nc1cc(Cl)c(O)c(Cl)c1)c1ccc2c(c1)CCC2. The molecule has 0 spiro atoms. The van der Waals surface area contributed by atoms with Crippen LogP contribution in [0.15, 0.2) is 30.3 Å². The minimum absolute atomic E-state index is 0.103. The van der Waals surface area contributed by atoms with Crippen molar-refractivity contribution in [3.8, 4) is 5.75 Å². The second kappa shape index (κ2) is 5.58. The van der Waals surface area contributed by atoms with Gasteiger partial charge < -0.3 is 10.4 Å². The molecule has 108 valence electrons. The quantitative estimate of drug-likeness (QED) is 0.803. The van der Waals surface area contributed by atoms with Gasteiger partial charge in [0.15, 0.2) is 5.75 Å². The highest BCUT2D eigenvalue weighted by molar-refractivity contribution is 6.37. The molecule has 0 heterocycles. The zero-order valence-electron chi connectivity index (χ0n) is 11.1. The number of carbonyl (C=O) groups is 1. The Balaban J connectivity index is 1.83. The molecule has 0 radical (unpaired) electrons. The number of rotatable bonds is 2. The Labute approximate surface area is 132 Å². The van der Waals surface area contributed by atoms with E-state index < -0.39 is 0 Å².